The summed E-state index contributed by atoms with van der Waals surface area (Å²) in [7, 11) is 0. The van der Waals surface area contributed by atoms with Crippen LogP contribution < -0.4 is 0 Å². The van der Waals surface area contributed by atoms with Crippen molar-refractivity contribution in [2.45, 2.75) is 18.6 Å². The van der Waals surface area contributed by atoms with Crippen molar-refractivity contribution in [3.05, 3.63) is 78.3 Å². The van der Waals surface area contributed by atoms with Crippen molar-refractivity contribution in [3.63, 3.8) is 0 Å². The van der Waals surface area contributed by atoms with Gasteiger partial charge in [0.05, 0.1) is 36.1 Å². The number of fused-ring (bicyclic) bond motifs is 3. The molecule has 0 bridgehead atoms. The summed E-state index contributed by atoms with van der Waals surface area (Å²) in [6.07, 6.45) is 6.61. The third-order valence-corrected chi connectivity index (χ3v) is 5.39. The van der Waals surface area contributed by atoms with Crippen molar-refractivity contribution in [1.82, 2.24) is 19.4 Å². The summed E-state index contributed by atoms with van der Waals surface area (Å²) in [5.41, 5.74) is 2.03. The molecule has 5 rings (SSSR count). The highest BCUT2D eigenvalue weighted by molar-refractivity contribution is 5.96. The molecule has 7 nitrogen and oxygen atoms in total. The molecule has 2 atom stereocenters. The predicted molar refractivity (Wildman–Crippen MR) is 96.0 cm³/mol. The Hall–Kier alpha value is -3.35. The Bertz CT molecular complexity index is 980. The number of nitrogens with zero attached hydrogens (tertiary/aromatic N) is 4. The van der Waals surface area contributed by atoms with Gasteiger partial charge in [0.1, 0.15) is 12.0 Å². The fraction of sp³-hybridized carbons (Fsp3) is 0.250. The number of rotatable bonds is 3. The van der Waals surface area contributed by atoms with E-state index in [4.69, 9.17) is 4.42 Å². The van der Waals surface area contributed by atoms with E-state index in [1.54, 1.807) is 17.2 Å². The van der Waals surface area contributed by atoms with Crippen molar-refractivity contribution < 1.29 is 14.0 Å². The predicted octanol–water partition coefficient (Wildman–Crippen LogP) is 2.20. The van der Waals surface area contributed by atoms with Crippen molar-refractivity contribution >= 4 is 11.8 Å². The first kappa shape index (κ1) is 15.9. The van der Waals surface area contributed by atoms with Crippen LogP contribution in [0.15, 0.2) is 65.7 Å². The van der Waals surface area contributed by atoms with Gasteiger partial charge < -0.3 is 18.8 Å². The van der Waals surface area contributed by atoms with Gasteiger partial charge in [-0.1, -0.05) is 6.07 Å². The lowest BCUT2D eigenvalue weighted by Gasteiger charge is -2.37. The average Bonchev–Trinajstić information content (AvgIpc) is 3.45. The molecule has 2 aliphatic heterocycles. The van der Waals surface area contributed by atoms with Gasteiger partial charge in [0.25, 0.3) is 11.8 Å². The molecule has 136 valence electrons. The average molecular weight is 362 g/mol. The minimum atomic E-state index is -0.0877. The van der Waals surface area contributed by atoms with Gasteiger partial charge in [-0.05, 0) is 30.3 Å². The number of hydrogen-bond donors (Lipinski definition) is 0. The van der Waals surface area contributed by atoms with Crippen LogP contribution in [0.3, 0.4) is 0 Å². The molecule has 0 radical (unpaired) electrons. The summed E-state index contributed by atoms with van der Waals surface area (Å²) in [5.74, 6) is -0.0957. The summed E-state index contributed by atoms with van der Waals surface area (Å²) < 4.78 is 7.05. The van der Waals surface area contributed by atoms with Crippen LogP contribution in [-0.2, 0) is 6.54 Å². The zero-order valence-electron chi connectivity index (χ0n) is 14.6. The number of aromatic nitrogens is 2. The first-order valence-electron chi connectivity index (χ1n) is 8.91. The third kappa shape index (κ3) is 2.54. The molecule has 0 N–H and O–H groups in total. The van der Waals surface area contributed by atoms with Crippen LogP contribution in [-0.4, -0.2) is 50.3 Å². The second-order valence-electron chi connectivity index (χ2n) is 6.91. The summed E-state index contributed by atoms with van der Waals surface area (Å²) in [6, 6.07) is 11.0. The molecule has 0 spiro atoms. The number of hydrogen-bond acceptors (Lipinski definition) is 4. The number of amides is 2. The molecule has 0 aliphatic carbocycles. The molecule has 2 aliphatic rings. The van der Waals surface area contributed by atoms with E-state index < -0.39 is 0 Å². The van der Waals surface area contributed by atoms with E-state index >= 15 is 0 Å². The van der Waals surface area contributed by atoms with Gasteiger partial charge in [-0.2, -0.15) is 0 Å². The van der Waals surface area contributed by atoms with Crippen LogP contribution in [0.1, 0.15) is 32.6 Å². The maximum atomic E-state index is 13.1. The van der Waals surface area contributed by atoms with Crippen LogP contribution >= 0.6 is 0 Å². The molecule has 1 saturated heterocycles. The molecule has 0 aromatic carbocycles. The van der Waals surface area contributed by atoms with Crippen molar-refractivity contribution in [3.8, 4) is 0 Å². The van der Waals surface area contributed by atoms with Crippen LogP contribution in [0.25, 0.3) is 0 Å². The molecule has 5 heterocycles. The first-order valence-corrected chi connectivity index (χ1v) is 8.91. The molecule has 27 heavy (non-hydrogen) atoms. The van der Waals surface area contributed by atoms with Gasteiger partial charge >= 0.3 is 0 Å². The number of likely N-dealkylation sites (tertiary alicyclic amines) is 1. The smallest absolute Gasteiger partial charge is 0.271 e. The van der Waals surface area contributed by atoms with E-state index in [1.165, 1.54) is 12.5 Å². The number of pyridine rings is 1. The van der Waals surface area contributed by atoms with Crippen LogP contribution in [0, 0.1) is 0 Å². The molecule has 3 aromatic rings. The summed E-state index contributed by atoms with van der Waals surface area (Å²) in [4.78, 5) is 33.9. The Balaban J connectivity index is 1.48. The van der Waals surface area contributed by atoms with Gasteiger partial charge in [-0.25, -0.2) is 0 Å². The highest BCUT2D eigenvalue weighted by Crippen LogP contribution is 2.35. The van der Waals surface area contributed by atoms with Gasteiger partial charge in [0.15, 0.2) is 0 Å². The zero-order chi connectivity index (χ0) is 18.4. The fourth-order valence-electron chi connectivity index (χ4n) is 4.10. The Kier molecular flexibility index (Phi) is 3.60. The van der Waals surface area contributed by atoms with Gasteiger partial charge in [0.2, 0.25) is 0 Å². The normalized spacial score (nSPS) is 21.3. The molecule has 0 unspecified atom stereocenters. The van der Waals surface area contributed by atoms with Gasteiger partial charge in [-0.15, -0.1) is 0 Å². The standard InChI is InChI=1S/C20H18N4O3/c25-19(14-6-9-27-13-14)22-11-17-18(12-22)24(10-15-4-1-2-7-21-15)20(26)16-5-3-8-23(16)17/h1-9,13,17-18H,10-12H2/t17-,18+/m0/s1. The van der Waals surface area contributed by atoms with Crippen molar-refractivity contribution in [1.29, 1.82) is 0 Å². The minimum Gasteiger partial charge on any atom is -0.472 e. The minimum absolute atomic E-state index is 0.0236. The number of carbonyl (C=O) groups excluding carboxylic acids is 2. The maximum absolute atomic E-state index is 13.1. The first-order chi connectivity index (χ1) is 13.2. The molecule has 3 aromatic heterocycles. The molecule has 0 saturated carbocycles. The zero-order valence-corrected chi connectivity index (χ0v) is 14.6. The van der Waals surface area contributed by atoms with E-state index in [2.05, 4.69) is 4.98 Å². The van der Waals surface area contributed by atoms with E-state index in [-0.39, 0.29) is 23.9 Å². The summed E-state index contributed by atoms with van der Waals surface area (Å²) in [5, 5.41) is 0. The monoisotopic (exact) mass is 362 g/mol. The van der Waals surface area contributed by atoms with E-state index in [9.17, 15) is 9.59 Å². The Morgan fingerprint density at radius 1 is 1.15 bits per heavy atom. The van der Waals surface area contributed by atoms with Crippen LogP contribution in [0.5, 0.6) is 0 Å². The van der Waals surface area contributed by atoms with Crippen LogP contribution in [0.4, 0.5) is 0 Å². The molecular formula is C20H18N4O3. The maximum Gasteiger partial charge on any atom is 0.271 e. The largest absolute Gasteiger partial charge is 0.472 e. The Morgan fingerprint density at radius 3 is 2.81 bits per heavy atom. The van der Waals surface area contributed by atoms with E-state index in [0.29, 0.717) is 30.9 Å². The quantitative estimate of drug-likeness (QED) is 0.716. The Morgan fingerprint density at radius 2 is 2.04 bits per heavy atom. The van der Waals surface area contributed by atoms with Crippen molar-refractivity contribution in [2.75, 3.05) is 13.1 Å². The van der Waals surface area contributed by atoms with E-state index in [1.807, 2.05) is 46.0 Å². The number of carbonyl (C=O) groups is 2. The lowest BCUT2D eigenvalue weighted by molar-refractivity contribution is 0.0547. The summed E-state index contributed by atoms with van der Waals surface area (Å²) in [6.45, 7) is 1.48. The fourth-order valence-corrected chi connectivity index (χ4v) is 4.10. The van der Waals surface area contributed by atoms with E-state index in [0.717, 1.165) is 5.69 Å². The molecular weight excluding hydrogens is 344 g/mol. The highest BCUT2D eigenvalue weighted by atomic mass is 16.3. The molecule has 7 heteroatoms. The van der Waals surface area contributed by atoms with Gasteiger partial charge in [-0.3, -0.25) is 14.6 Å². The SMILES string of the molecule is O=C(c1ccoc1)N1C[C@@H]2[C@H](C1)n1cccc1C(=O)N2Cc1ccccn1. The molecule has 1 fully saturated rings. The second kappa shape index (κ2) is 6.12. The topological polar surface area (TPSA) is 71.6 Å². The van der Waals surface area contributed by atoms with Gasteiger partial charge in [0, 0.05) is 25.5 Å². The highest BCUT2D eigenvalue weighted by Gasteiger charge is 2.46. The Labute approximate surface area is 155 Å². The lowest BCUT2D eigenvalue weighted by atomic mass is 10.1. The van der Waals surface area contributed by atoms with Crippen molar-refractivity contribution in [2.24, 2.45) is 0 Å². The number of furan rings is 1. The lowest BCUT2D eigenvalue weighted by Crippen LogP contribution is -2.50. The molecule has 2 amide bonds. The summed E-state index contributed by atoms with van der Waals surface area (Å²) >= 11 is 0. The second-order valence-corrected chi connectivity index (χ2v) is 6.91. The third-order valence-electron chi connectivity index (χ3n) is 5.39. The van der Waals surface area contributed by atoms with Crippen LogP contribution in [0.2, 0.25) is 0 Å².